The third-order valence-electron chi connectivity index (χ3n) is 2.33. The van der Waals surface area contributed by atoms with Gasteiger partial charge < -0.3 is 10.6 Å². The molecule has 3 nitrogen and oxygen atoms in total. The molecule has 0 bridgehead atoms. The van der Waals surface area contributed by atoms with Gasteiger partial charge in [-0.1, -0.05) is 15.9 Å². The zero-order chi connectivity index (χ0) is 10.8. The summed E-state index contributed by atoms with van der Waals surface area (Å²) in [6, 6.07) is 4.27. The van der Waals surface area contributed by atoms with Crippen LogP contribution in [0.2, 0.25) is 0 Å². The summed E-state index contributed by atoms with van der Waals surface area (Å²) in [5, 5.41) is 5.50. The van der Waals surface area contributed by atoms with Crippen molar-refractivity contribution in [2.24, 2.45) is 0 Å². The Labute approximate surface area is 95.2 Å². The lowest BCUT2D eigenvalue weighted by atomic mass is 10.1. The SMILES string of the molecule is O=C(Nc1cc(Br)ccc1F)[C@H]1CCN1. The number of carbonyl (C=O) groups excluding carboxylic acids is 1. The number of nitrogens with one attached hydrogen (secondary N) is 2. The monoisotopic (exact) mass is 272 g/mol. The van der Waals surface area contributed by atoms with Crippen molar-refractivity contribution in [1.29, 1.82) is 0 Å². The molecule has 0 saturated carbocycles. The summed E-state index contributed by atoms with van der Waals surface area (Å²) in [4.78, 5) is 11.5. The van der Waals surface area contributed by atoms with E-state index in [1.54, 1.807) is 12.1 Å². The average Bonchev–Trinajstić information content (AvgIpc) is 2.08. The molecule has 1 aromatic rings. The van der Waals surface area contributed by atoms with Crippen LogP contribution in [0.3, 0.4) is 0 Å². The van der Waals surface area contributed by atoms with Crippen LogP contribution in [0.4, 0.5) is 10.1 Å². The number of hydrogen-bond donors (Lipinski definition) is 2. The van der Waals surface area contributed by atoms with Gasteiger partial charge in [0.15, 0.2) is 0 Å². The van der Waals surface area contributed by atoms with Crippen molar-refractivity contribution in [3.8, 4) is 0 Å². The predicted molar refractivity (Wildman–Crippen MR) is 59.1 cm³/mol. The first-order valence-electron chi connectivity index (χ1n) is 4.66. The van der Waals surface area contributed by atoms with Crippen LogP contribution in [0.5, 0.6) is 0 Å². The van der Waals surface area contributed by atoms with E-state index >= 15 is 0 Å². The molecule has 2 rings (SSSR count). The lowest BCUT2D eigenvalue weighted by Gasteiger charge is -2.26. The summed E-state index contributed by atoms with van der Waals surface area (Å²) in [6.45, 7) is 0.846. The number of rotatable bonds is 2. The number of carbonyl (C=O) groups is 1. The summed E-state index contributed by atoms with van der Waals surface area (Å²) in [6.07, 6.45) is 0.807. The number of hydrogen-bond acceptors (Lipinski definition) is 2. The Balaban J connectivity index is 2.09. The fourth-order valence-electron chi connectivity index (χ4n) is 1.33. The molecule has 0 radical (unpaired) electrons. The minimum Gasteiger partial charge on any atom is -0.322 e. The van der Waals surface area contributed by atoms with E-state index in [0.29, 0.717) is 0 Å². The molecule has 1 aliphatic rings. The Bertz CT molecular complexity index is 393. The highest BCUT2D eigenvalue weighted by atomic mass is 79.9. The van der Waals surface area contributed by atoms with E-state index in [9.17, 15) is 9.18 Å². The molecule has 15 heavy (non-hydrogen) atoms. The number of halogens is 2. The molecule has 2 N–H and O–H groups in total. The third kappa shape index (κ3) is 2.35. The van der Waals surface area contributed by atoms with E-state index in [1.807, 2.05) is 0 Å². The number of anilines is 1. The summed E-state index contributed by atoms with van der Waals surface area (Å²) in [7, 11) is 0. The van der Waals surface area contributed by atoms with Crippen LogP contribution in [0, 0.1) is 5.82 Å². The molecular weight excluding hydrogens is 263 g/mol. The van der Waals surface area contributed by atoms with Crippen molar-refractivity contribution < 1.29 is 9.18 Å². The first-order chi connectivity index (χ1) is 7.16. The zero-order valence-electron chi connectivity index (χ0n) is 7.89. The van der Waals surface area contributed by atoms with Crippen LogP contribution >= 0.6 is 15.9 Å². The van der Waals surface area contributed by atoms with Gasteiger partial charge in [-0.05, 0) is 31.2 Å². The van der Waals surface area contributed by atoms with Crippen LogP contribution in [-0.2, 0) is 4.79 Å². The average molecular weight is 273 g/mol. The van der Waals surface area contributed by atoms with Crippen molar-refractivity contribution in [2.75, 3.05) is 11.9 Å². The highest BCUT2D eigenvalue weighted by Gasteiger charge is 2.24. The minimum atomic E-state index is -0.425. The van der Waals surface area contributed by atoms with Gasteiger partial charge >= 0.3 is 0 Å². The summed E-state index contributed by atoms with van der Waals surface area (Å²) < 4.78 is 14.0. The lowest BCUT2D eigenvalue weighted by molar-refractivity contribution is -0.119. The van der Waals surface area contributed by atoms with E-state index in [4.69, 9.17) is 0 Å². The summed E-state index contributed by atoms with van der Waals surface area (Å²) >= 11 is 3.22. The quantitative estimate of drug-likeness (QED) is 0.864. The van der Waals surface area contributed by atoms with E-state index in [0.717, 1.165) is 17.4 Å². The Morgan fingerprint density at radius 2 is 2.33 bits per heavy atom. The first kappa shape index (κ1) is 10.6. The normalized spacial score (nSPS) is 19.5. The molecule has 1 amide bonds. The topological polar surface area (TPSA) is 41.1 Å². The van der Waals surface area contributed by atoms with Crippen molar-refractivity contribution >= 4 is 27.5 Å². The second kappa shape index (κ2) is 4.28. The van der Waals surface area contributed by atoms with Crippen molar-refractivity contribution in [3.63, 3.8) is 0 Å². The Morgan fingerprint density at radius 1 is 1.60 bits per heavy atom. The maximum Gasteiger partial charge on any atom is 0.241 e. The van der Waals surface area contributed by atoms with Crippen molar-refractivity contribution in [2.45, 2.75) is 12.5 Å². The maximum absolute atomic E-state index is 13.3. The van der Waals surface area contributed by atoms with Gasteiger partial charge in [-0.25, -0.2) is 4.39 Å². The lowest BCUT2D eigenvalue weighted by Crippen LogP contribution is -2.50. The predicted octanol–water partition coefficient (Wildman–Crippen LogP) is 1.89. The maximum atomic E-state index is 13.3. The Hall–Kier alpha value is -0.940. The zero-order valence-corrected chi connectivity index (χ0v) is 9.47. The highest BCUT2D eigenvalue weighted by Crippen LogP contribution is 2.20. The van der Waals surface area contributed by atoms with Crippen LogP contribution in [-0.4, -0.2) is 18.5 Å². The molecule has 1 fully saturated rings. The van der Waals surface area contributed by atoms with Crippen LogP contribution in [0.15, 0.2) is 22.7 Å². The van der Waals surface area contributed by atoms with Crippen LogP contribution in [0.1, 0.15) is 6.42 Å². The number of amides is 1. The highest BCUT2D eigenvalue weighted by molar-refractivity contribution is 9.10. The molecule has 0 aromatic heterocycles. The standard InChI is InChI=1S/C10H10BrFN2O/c11-6-1-2-7(12)9(5-6)14-10(15)8-3-4-13-8/h1-2,5,8,13H,3-4H2,(H,14,15)/t8-/m1/s1. The molecule has 80 valence electrons. The van der Waals surface area contributed by atoms with Gasteiger partial charge in [0.1, 0.15) is 5.82 Å². The molecule has 0 aliphatic carbocycles. The van der Waals surface area contributed by atoms with Crippen molar-refractivity contribution in [1.82, 2.24) is 5.32 Å². The third-order valence-corrected chi connectivity index (χ3v) is 2.82. The van der Waals surface area contributed by atoms with E-state index in [-0.39, 0.29) is 17.6 Å². The minimum absolute atomic E-state index is 0.177. The van der Waals surface area contributed by atoms with Crippen LogP contribution < -0.4 is 10.6 Å². The van der Waals surface area contributed by atoms with Gasteiger partial charge in [-0.2, -0.15) is 0 Å². The van der Waals surface area contributed by atoms with E-state index < -0.39 is 5.82 Å². The molecule has 1 atom stereocenters. The smallest absolute Gasteiger partial charge is 0.241 e. The summed E-state index contributed by atoms with van der Waals surface area (Å²) in [5.41, 5.74) is 0.211. The van der Waals surface area contributed by atoms with Gasteiger partial charge in [0.05, 0.1) is 11.7 Å². The second-order valence-electron chi connectivity index (χ2n) is 3.41. The van der Waals surface area contributed by atoms with Gasteiger partial charge in [-0.15, -0.1) is 0 Å². The van der Waals surface area contributed by atoms with Crippen LogP contribution in [0.25, 0.3) is 0 Å². The van der Waals surface area contributed by atoms with Gasteiger partial charge in [0, 0.05) is 4.47 Å². The molecule has 1 aliphatic heterocycles. The van der Waals surface area contributed by atoms with Gasteiger partial charge in [0.25, 0.3) is 0 Å². The van der Waals surface area contributed by atoms with Gasteiger partial charge in [0.2, 0.25) is 5.91 Å². The van der Waals surface area contributed by atoms with Crippen molar-refractivity contribution in [3.05, 3.63) is 28.5 Å². The fourth-order valence-corrected chi connectivity index (χ4v) is 1.69. The molecule has 1 heterocycles. The number of benzene rings is 1. The van der Waals surface area contributed by atoms with E-state index in [1.165, 1.54) is 6.07 Å². The molecule has 5 heteroatoms. The largest absolute Gasteiger partial charge is 0.322 e. The Morgan fingerprint density at radius 3 is 2.93 bits per heavy atom. The summed E-state index contributed by atoms with van der Waals surface area (Å²) in [5.74, 6) is -0.607. The Kier molecular flexibility index (Phi) is 3.02. The molecule has 1 saturated heterocycles. The first-order valence-corrected chi connectivity index (χ1v) is 5.45. The second-order valence-corrected chi connectivity index (χ2v) is 4.32. The van der Waals surface area contributed by atoms with E-state index in [2.05, 4.69) is 26.6 Å². The fraction of sp³-hybridized carbons (Fsp3) is 0.300. The molecule has 1 aromatic carbocycles. The molecule has 0 spiro atoms. The molecule has 0 unspecified atom stereocenters. The van der Waals surface area contributed by atoms with Gasteiger partial charge in [-0.3, -0.25) is 4.79 Å². The molecular formula is C10H10BrFN2O.